The minimum atomic E-state index is 0.176. The van der Waals surface area contributed by atoms with Gasteiger partial charge in [0.05, 0.1) is 0 Å². The maximum atomic E-state index is 6.31. The van der Waals surface area contributed by atoms with Crippen LogP contribution in [0.3, 0.4) is 0 Å². The average Bonchev–Trinajstić information content (AvgIpc) is 2.46. The lowest BCUT2D eigenvalue weighted by Gasteiger charge is -2.19. The lowest BCUT2D eigenvalue weighted by Crippen LogP contribution is -2.24. The van der Waals surface area contributed by atoms with Crippen LogP contribution in [-0.4, -0.2) is 16.5 Å². The van der Waals surface area contributed by atoms with E-state index in [4.69, 9.17) is 11.6 Å². The second-order valence-electron chi connectivity index (χ2n) is 4.62. The molecule has 2 aromatic rings. The molecule has 0 saturated heterocycles. The molecule has 0 radical (unpaired) electrons. The summed E-state index contributed by atoms with van der Waals surface area (Å²) in [6.07, 6.45) is 7.16. The molecule has 0 aliphatic heterocycles. The highest BCUT2D eigenvalue weighted by molar-refractivity contribution is 9.10. The minimum absolute atomic E-state index is 0.176. The summed E-state index contributed by atoms with van der Waals surface area (Å²) in [5.41, 5.74) is 2.20. The molecule has 1 unspecified atom stereocenters. The first-order chi connectivity index (χ1) is 9.70. The molecular formula is C15H17BrClN3. The molecule has 0 spiro atoms. The van der Waals surface area contributed by atoms with E-state index in [1.165, 1.54) is 0 Å². The Bertz CT molecular complexity index is 548. The van der Waals surface area contributed by atoms with Gasteiger partial charge in [-0.1, -0.05) is 40.5 Å². The lowest BCUT2D eigenvalue weighted by atomic mass is 10.0. The summed E-state index contributed by atoms with van der Waals surface area (Å²) >= 11 is 9.74. The zero-order chi connectivity index (χ0) is 14.4. The average molecular weight is 355 g/mol. The Morgan fingerprint density at radius 3 is 2.70 bits per heavy atom. The lowest BCUT2D eigenvalue weighted by molar-refractivity contribution is 0.526. The second-order valence-corrected chi connectivity index (χ2v) is 5.94. The Labute approximate surface area is 132 Å². The SMILES string of the molecule is CCCNC(Cc1ccc(Br)cc1Cl)c1cncnc1. The van der Waals surface area contributed by atoms with E-state index in [1.54, 1.807) is 6.33 Å². The van der Waals surface area contributed by atoms with Gasteiger partial charge in [-0.3, -0.25) is 0 Å². The molecule has 1 atom stereocenters. The largest absolute Gasteiger partial charge is 0.310 e. The Morgan fingerprint density at radius 1 is 1.30 bits per heavy atom. The summed E-state index contributed by atoms with van der Waals surface area (Å²) in [6.45, 7) is 3.10. The maximum Gasteiger partial charge on any atom is 0.115 e. The first kappa shape index (κ1) is 15.4. The van der Waals surface area contributed by atoms with Gasteiger partial charge in [0.2, 0.25) is 0 Å². The standard InChI is InChI=1S/C15H17BrClN3/c1-2-5-20-15(12-8-18-10-19-9-12)6-11-3-4-13(16)7-14(11)17/h3-4,7-10,15,20H,2,5-6H2,1H3. The number of rotatable bonds is 6. The predicted molar refractivity (Wildman–Crippen MR) is 85.9 cm³/mol. The molecule has 0 bridgehead atoms. The highest BCUT2D eigenvalue weighted by Crippen LogP contribution is 2.26. The van der Waals surface area contributed by atoms with E-state index < -0.39 is 0 Å². The summed E-state index contributed by atoms with van der Waals surface area (Å²) in [5.74, 6) is 0. The van der Waals surface area contributed by atoms with Crippen molar-refractivity contribution in [1.29, 1.82) is 0 Å². The highest BCUT2D eigenvalue weighted by Gasteiger charge is 2.14. The number of nitrogens with one attached hydrogen (secondary N) is 1. The van der Waals surface area contributed by atoms with E-state index in [1.807, 2.05) is 24.5 Å². The van der Waals surface area contributed by atoms with Gasteiger partial charge in [-0.05, 0) is 37.1 Å². The third kappa shape index (κ3) is 4.27. The molecule has 20 heavy (non-hydrogen) atoms. The van der Waals surface area contributed by atoms with Gasteiger partial charge in [0.25, 0.3) is 0 Å². The maximum absolute atomic E-state index is 6.31. The Hall–Kier alpha value is -0.970. The van der Waals surface area contributed by atoms with Crippen molar-refractivity contribution in [2.45, 2.75) is 25.8 Å². The first-order valence-corrected chi connectivity index (χ1v) is 7.80. The summed E-state index contributed by atoms with van der Waals surface area (Å²) in [7, 11) is 0. The van der Waals surface area contributed by atoms with E-state index in [0.717, 1.165) is 40.0 Å². The fourth-order valence-corrected chi connectivity index (χ4v) is 2.77. The van der Waals surface area contributed by atoms with Crippen LogP contribution in [0.15, 0.2) is 41.4 Å². The molecule has 0 fully saturated rings. The van der Waals surface area contributed by atoms with Gasteiger partial charge in [-0.25, -0.2) is 9.97 Å². The summed E-state index contributed by atoms with van der Waals surface area (Å²) in [5, 5.41) is 4.30. The van der Waals surface area contributed by atoms with Crippen LogP contribution in [0.2, 0.25) is 5.02 Å². The van der Waals surface area contributed by atoms with Crippen molar-refractivity contribution in [1.82, 2.24) is 15.3 Å². The summed E-state index contributed by atoms with van der Waals surface area (Å²) in [6, 6.07) is 6.17. The number of halogens is 2. The van der Waals surface area contributed by atoms with E-state index in [-0.39, 0.29) is 6.04 Å². The van der Waals surface area contributed by atoms with Gasteiger partial charge in [0, 0.05) is 33.5 Å². The third-order valence-electron chi connectivity index (χ3n) is 3.06. The fourth-order valence-electron chi connectivity index (χ4n) is 2.02. The highest BCUT2D eigenvalue weighted by atomic mass is 79.9. The monoisotopic (exact) mass is 353 g/mol. The van der Waals surface area contributed by atoms with Crippen molar-refractivity contribution in [2.24, 2.45) is 0 Å². The van der Waals surface area contributed by atoms with Gasteiger partial charge >= 0.3 is 0 Å². The zero-order valence-corrected chi connectivity index (χ0v) is 13.7. The van der Waals surface area contributed by atoms with E-state index in [2.05, 4.69) is 44.2 Å². The van der Waals surface area contributed by atoms with Crippen molar-refractivity contribution in [3.05, 3.63) is 57.5 Å². The van der Waals surface area contributed by atoms with Crippen molar-refractivity contribution >= 4 is 27.5 Å². The molecule has 0 amide bonds. The molecule has 0 aliphatic carbocycles. The molecule has 1 aromatic carbocycles. The molecule has 1 heterocycles. The number of aromatic nitrogens is 2. The topological polar surface area (TPSA) is 37.8 Å². The number of nitrogens with zero attached hydrogens (tertiary/aromatic N) is 2. The predicted octanol–water partition coefficient (Wildman–Crippen LogP) is 4.18. The molecule has 3 nitrogen and oxygen atoms in total. The van der Waals surface area contributed by atoms with Gasteiger partial charge in [0.15, 0.2) is 0 Å². The van der Waals surface area contributed by atoms with Crippen LogP contribution in [-0.2, 0) is 6.42 Å². The molecule has 0 aliphatic rings. The van der Waals surface area contributed by atoms with Gasteiger partial charge in [0.1, 0.15) is 6.33 Å². The normalized spacial score (nSPS) is 12.3. The Balaban J connectivity index is 2.19. The fraction of sp³-hybridized carbons (Fsp3) is 0.333. The van der Waals surface area contributed by atoms with Crippen LogP contribution in [0, 0.1) is 0 Å². The van der Waals surface area contributed by atoms with Gasteiger partial charge < -0.3 is 5.32 Å². The molecular weight excluding hydrogens is 338 g/mol. The second kappa shape index (κ2) is 7.72. The van der Waals surface area contributed by atoms with Crippen LogP contribution >= 0.6 is 27.5 Å². The molecule has 5 heteroatoms. The van der Waals surface area contributed by atoms with Crippen molar-refractivity contribution in [2.75, 3.05) is 6.54 Å². The van der Waals surface area contributed by atoms with E-state index in [9.17, 15) is 0 Å². The van der Waals surface area contributed by atoms with Crippen LogP contribution in [0.5, 0.6) is 0 Å². The quantitative estimate of drug-likeness (QED) is 0.846. The minimum Gasteiger partial charge on any atom is -0.310 e. The van der Waals surface area contributed by atoms with Crippen LogP contribution < -0.4 is 5.32 Å². The van der Waals surface area contributed by atoms with Crippen LogP contribution in [0.1, 0.15) is 30.5 Å². The van der Waals surface area contributed by atoms with Crippen molar-refractivity contribution in [3.8, 4) is 0 Å². The molecule has 0 saturated carbocycles. The zero-order valence-electron chi connectivity index (χ0n) is 11.3. The smallest absolute Gasteiger partial charge is 0.115 e. The first-order valence-electron chi connectivity index (χ1n) is 6.63. The summed E-state index contributed by atoms with van der Waals surface area (Å²) < 4.78 is 0.993. The van der Waals surface area contributed by atoms with Crippen LogP contribution in [0.25, 0.3) is 0 Å². The Kier molecular flexibility index (Phi) is 5.95. The summed E-state index contributed by atoms with van der Waals surface area (Å²) in [4.78, 5) is 8.20. The molecule has 2 rings (SSSR count). The van der Waals surface area contributed by atoms with Gasteiger partial charge in [-0.15, -0.1) is 0 Å². The number of hydrogen-bond acceptors (Lipinski definition) is 3. The molecule has 1 aromatic heterocycles. The van der Waals surface area contributed by atoms with Crippen molar-refractivity contribution in [3.63, 3.8) is 0 Å². The number of hydrogen-bond donors (Lipinski definition) is 1. The number of benzene rings is 1. The van der Waals surface area contributed by atoms with Crippen molar-refractivity contribution < 1.29 is 0 Å². The third-order valence-corrected chi connectivity index (χ3v) is 3.91. The van der Waals surface area contributed by atoms with Crippen LogP contribution in [0.4, 0.5) is 0 Å². The van der Waals surface area contributed by atoms with E-state index >= 15 is 0 Å². The molecule has 1 N–H and O–H groups in total. The van der Waals surface area contributed by atoms with E-state index in [0.29, 0.717) is 0 Å². The van der Waals surface area contributed by atoms with Gasteiger partial charge in [-0.2, -0.15) is 0 Å². The Morgan fingerprint density at radius 2 is 2.05 bits per heavy atom. The molecule has 106 valence electrons.